The molecule has 0 saturated carbocycles. The molecule has 0 spiro atoms. The molecule has 14 aromatic rings. The van der Waals surface area contributed by atoms with Gasteiger partial charge < -0.3 is 0 Å². The van der Waals surface area contributed by atoms with Crippen LogP contribution in [0, 0.1) is 55.4 Å². The van der Waals surface area contributed by atoms with Crippen molar-refractivity contribution in [2.75, 3.05) is 0 Å². The maximum atomic E-state index is 2.31. The fraction of sp³-hybridized carbons (Fsp3) is 0.100. The van der Waals surface area contributed by atoms with Gasteiger partial charge in [-0.15, -0.1) is 0 Å². The van der Waals surface area contributed by atoms with Crippen LogP contribution in [0.3, 0.4) is 0 Å². The number of hydrogen-bond donors (Lipinski definition) is 0. The molecule has 0 aliphatic carbocycles. The lowest BCUT2D eigenvalue weighted by Crippen LogP contribution is -1.85. The fourth-order valence-corrected chi connectivity index (χ4v) is 11.4. The molecule has 0 radical (unpaired) electrons. The van der Waals surface area contributed by atoms with Crippen molar-refractivity contribution in [2.24, 2.45) is 0 Å². The van der Waals surface area contributed by atoms with Crippen molar-refractivity contribution in [1.29, 1.82) is 0 Å². The molecule has 0 fully saturated rings. The standard InChI is InChI=1S/2C20H16.2C20H18/c1-13-7-9-17-15-5-3-4-6-16(15)19-11-14(2)8-10-18(19)20(17)12-13;1-13-7-9-17-15-5-3-4-6-16(15)18-10-8-14(2)12-20(18)19(17)11-13;1-15-7-6-10-18(11-15)20-13-16(2)12-19(14-20)17-8-4-3-5-9-17;1-15-8-10-18(11-9-15)20-13-16(2)12-19(14-20)17-6-4-3-5-7-17/h2*3-12H,1-2H3;2*3-14H,1-2H3. The summed E-state index contributed by atoms with van der Waals surface area (Å²) in [6.07, 6.45) is 0. The van der Waals surface area contributed by atoms with Crippen LogP contribution in [0.4, 0.5) is 0 Å². The van der Waals surface area contributed by atoms with E-state index < -0.39 is 0 Å². The molecule has 0 N–H and O–H groups in total. The van der Waals surface area contributed by atoms with Gasteiger partial charge in [0.1, 0.15) is 0 Å². The SMILES string of the molecule is Cc1ccc(-c2cc(C)cc(-c3ccccc3)c2)cc1.Cc1ccc2c(c1)c1ccccc1c1ccc(C)cc12.Cc1ccc2c3ccccc3c3ccc(C)cc3c2c1.Cc1cccc(-c2cc(C)cc(-c3ccccc3)c2)c1. The lowest BCUT2D eigenvalue weighted by atomic mass is 9.92. The predicted molar refractivity (Wildman–Crippen MR) is 350 cm³/mol. The van der Waals surface area contributed by atoms with Crippen LogP contribution in [0.5, 0.6) is 0 Å². The molecule has 0 saturated heterocycles. The number of rotatable bonds is 4. The lowest BCUT2D eigenvalue weighted by Gasteiger charge is -2.11. The summed E-state index contributed by atoms with van der Waals surface area (Å²) in [5, 5.41) is 16.2. The van der Waals surface area contributed by atoms with Gasteiger partial charge in [-0.25, -0.2) is 0 Å². The van der Waals surface area contributed by atoms with Crippen molar-refractivity contribution in [3.05, 3.63) is 311 Å². The minimum atomic E-state index is 1.27. The smallest absolute Gasteiger partial charge is 0.00962 e. The molecule has 0 aliphatic rings. The summed E-state index contributed by atoms with van der Waals surface area (Å²) < 4.78 is 0. The number of hydrogen-bond acceptors (Lipinski definition) is 0. The van der Waals surface area contributed by atoms with Crippen molar-refractivity contribution >= 4 is 64.6 Å². The van der Waals surface area contributed by atoms with Crippen LogP contribution in [0.1, 0.15) is 44.5 Å². The largest absolute Gasteiger partial charge is 0.0622 e. The summed E-state index contributed by atoms with van der Waals surface area (Å²) >= 11 is 0. The van der Waals surface area contributed by atoms with E-state index in [1.54, 1.807) is 0 Å². The Morgan fingerprint density at radius 3 is 0.750 bits per heavy atom. The van der Waals surface area contributed by atoms with Gasteiger partial charge in [0, 0.05) is 0 Å². The highest BCUT2D eigenvalue weighted by Gasteiger charge is 2.11. The first-order valence-corrected chi connectivity index (χ1v) is 28.0. The van der Waals surface area contributed by atoms with Crippen LogP contribution in [-0.2, 0) is 0 Å². The third-order valence-corrected chi connectivity index (χ3v) is 15.4. The van der Waals surface area contributed by atoms with E-state index in [0.29, 0.717) is 0 Å². The van der Waals surface area contributed by atoms with Gasteiger partial charge in [-0.1, -0.05) is 288 Å². The zero-order valence-electron chi connectivity index (χ0n) is 47.4. The van der Waals surface area contributed by atoms with Gasteiger partial charge in [0.15, 0.2) is 0 Å². The molecule has 0 amide bonds. The maximum Gasteiger partial charge on any atom is -0.00962 e. The molecule has 0 aromatic heterocycles. The third kappa shape index (κ3) is 11.6. The molecule has 0 heterocycles. The van der Waals surface area contributed by atoms with E-state index in [2.05, 4.69) is 322 Å². The minimum Gasteiger partial charge on any atom is -0.0622 e. The zero-order chi connectivity index (χ0) is 55.3. The average molecular weight is 1030 g/mol. The van der Waals surface area contributed by atoms with Crippen LogP contribution < -0.4 is 0 Å². The van der Waals surface area contributed by atoms with Crippen LogP contribution in [0.15, 0.2) is 267 Å². The van der Waals surface area contributed by atoms with E-state index in [-0.39, 0.29) is 0 Å². The van der Waals surface area contributed by atoms with Crippen molar-refractivity contribution in [1.82, 2.24) is 0 Å². The first kappa shape index (κ1) is 52.7. The fourth-order valence-electron chi connectivity index (χ4n) is 11.4. The number of benzene rings is 14. The number of aryl methyl sites for hydroxylation is 8. The molecule has 388 valence electrons. The van der Waals surface area contributed by atoms with Gasteiger partial charge in [0.2, 0.25) is 0 Å². The van der Waals surface area contributed by atoms with E-state index >= 15 is 0 Å². The van der Waals surface area contributed by atoms with Crippen molar-refractivity contribution in [3.63, 3.8) is 0 Å². The van der Waals surface area contributed by atoms with Gasteiger partial charge in [-0.2, -0.15) is 0 Å². The van der Waals surface area contributed by atoms with Crippen LogP contribution in [0.25, 0.3) is 109 Å². The monoisotopic (exact) mass is 1030 g/mol. The summed E-state index contributed by atoms with van der Waals surface area (Å²) in [4.78, 5) is 0. The molecule has 0 aliphatic heterocycles. The highest BCUT2D eigenvalue weighted by atomic mass is 14.1. The Bertz CT molecular complexity index is 4400. The summed E-state index contributed by atoms with van der Waals surface area (Å²) in [6, 6.07) is 96.5. The second kappa shape index (κ2) is 23.3. The van der Waals surface area contributed by atoms with Gasteiger partial charge >= 0.3 is 0 Å². The van der Waals surface area contributed by atoms with Gasteiger partial charge in [0.25, 0.3) is 0 Å². The van der Waals surface area contributed by atoms with Crippen LogP contribution in [0.2, 0.25) is 0 Å². The van der Waals surface area contributed by atoms with Gasteiger partial charge in [-0.3, -0.25) is 0 Å². The van der Waals surface area contributed by atoms with Crippen molar-refractivity contribution in [2.45, 2.75) is 55.4 Å². The minimum absolute atomic E-state index is 1.27. The molecule has 14 aromatic carbocycles. The lowest BCUT2D eigenvalue weighted by molar-refractivity contribution is 1.43. The zero-order valence-corrected chi connectivity index (χ0v) is 47.4. The molecule has 0 nitrogen and oxygen atoms in total. The Morgan fingerprint density at radius 1 is 0.125 bits per heavy atom. The molecular weight excluding hydrogens is 961 g/mol. The first-order chi connectivity index (χ1) is 38.9. The molecule has 0 bridgehead atoms. The molecule has 0 atom stereocenters. The molecule has 80 heavy (non-hydrogen) atoms. The van der Waals surface area contributed by atoms with Crippen LogP contribution >= 0.6 is 0 Å². The number of fused-ring (bicyclic) bond motifs is 12. The third-order valence-electron chi connectivity index (χ3n) is 15.4. The average Bonchev–Trinajstić information content (AvgIpc) is 3.53. The van der Waals surface area contributed by atoms with Gasteiger partial charge in [0.05, 0.1) is 0 Å². The molecular formula is C80H68. The van der Waals surface area contributed by atoms with E-state index in [1.165, 1.54) is 154 Å². The second-order valence-corrected chi connectivity index (χ2v) is 21.9. The Labute approximate surface area is 473 Å². The predicted octanol–water partition coefficient (Wildman–Crippen LogP) is 22.8. The highest BCUT2D eigenvalue weighted by Crippen LogP contribution is 2.38. The van der Waals surface area contributed by atoms with E-state index in [9.17, 15) is 0 Å². The topological polar surface area (TPSA) is 0 Å². The Balaban J connectivity index is 0.000000112. The maximum absolute atomic E-state index is 2.31. The molecule has 0 heteroatoms. The summed E-state index contributed by atoms with van der Waals surface area (Å²) in [7, 11) is 0. The Hall–Kier alpha value is -9.36. The normalized spacial score (nSPS) is 11.0. The second-order valence-electron chi connectivity index (χ2n) is 21.9. The Morgan fingerprint density at radius 2 is 0.375 bits per heavy atom. The highest BCUT2D eigenvalue weighted by molar-refractivity contribution is 6.26. The van der Waals surface area contributed by atoms with Crippen LogP contribution in [-0.4, -0.2) is 0 Å². The molecule has 0 unspecified atom stereocenters. The van der Waals surface area contributed by atoms with Crippen molar-refractivity contribution < 1.29 is 0 Å². The summed E-state index contributed by atoms with van der Waals surface area (Å²) in [6.45, 7) is 17.2. The van der Waals surface area contributed by atoms with Crippen molar-refractivity contribution in [3.8, 4) is 44.5 Å². The summed E-state index contributed by atoms with van der Waals surface area (Å²) in [5.41, 5.74) is 20.7. The Kier molecular flexibility index (Phi) is 15.4. The summed E-state index contributed by atoms with van der Waals surface area (Å²) in [5.74, 6) is 0. The van der Waals surface area contributed by atoms with E-state index in [4.69, 9.17) is 0 Å². The van der Waals surface area contributed by atoms with E-state index in [0.717, 1.165) is 0 Å². The van der Waals surface area contributed by atoms with E-state index in [1.807, 2.05) is 0 Å². The quantitative estimate of drug-likeness (QED) is 0.154. The first-order valence-electron chi connectivity index (χ1n) is 28.0. The molecule has 14 rings (SSSR count). The van der Waals surface area contributed by atoms with Gasteiger partial charge in [-0.05, 0) is 188 Å².